The third-order valence-electron chi connectivity index (χ3n) is 5.97. The van der Waals surface area contributed by atoms with Crippen molar-refractivity contribution in [2.75, 3.05) is 7.05 Å². The van der Waals surface area contributed by atoms with E-state index in [1.165, 1.54) is 57.8 Å². The van der Waals surface area contributed by atoms with Crippen LogP contribution >= 0.6 is 0 Å². The number of piperidine rings is 1. The fourth-order valence-electron chi connectivity index (χ4n) is 4.43. The zero-order chi connectivity index (χ0) is 14.8. The van der Waals surface area contributed by atoms with Crippen LogP contribution in [-0.2, 0) is 4.79 Å². The van der Waals surface area contributed by atoms with E-state index in [-0.39, 0.29) is 11.9 Å². The molecule has 2 N–H and O–H groups in total. The minimum atomic E-state index is -0.00516. The van der Waals surface area contributed by atoms with E-state index < -0.39 is 0 Å². The number of amides is 1. The summed E-state index contributed by atoms with van der Waals surface area (Å²) in [6.07, 6.45) is 11.2. The lowest BCUT2D eigenvalue weighted by molar-refractivity contribution is -0.127. The molecule has 1 saturated carbocycles. The molecule has 0 aromatic rings. The first kappa shape index (κ1) is 15.3. The van der Waals surface area contributed by atoms with Crippen LogP contribution in [0.25, 0.3) is 0 Å². The molecule has 2 heterocycles. The zero-order valence-electron chi connectivity index (χ0n) is 13.6. The highest BCUT2D eigenvalue weighted by Crippen LogP contribution is 2.30. The number of carbonyl (C=O) groups excluding carboxylic acids is 1. The van der Waals surface area contributed by atoms with Crippen molar-refractivity contribution in [2.24, 2.45) is 0 Å². The molecule has 120 valence electrons. The van der Waals surface area contributed by atoms with E-state index >= 15 is 0 Å². The number of fused-ring (bicyclic) bond motifs is 2. The number of likely N-dealkylation sites (N-methyl/N-ethyl adjacent to an activating group) is 1. The van der Waals surface area contributed by atoms with Crippen LogP contribution in [0.5, 0.6) is 0 Å². The number of rotatable bonds is 4. The van der Waals surface area contributed by atoms with Crippen molar-refractivity contribution in [3.63, 3.8) is 0 Å². The molecule has 0 aromatic carbocycles. The van der Waals surface area contributed by atoms with Crippen LogP contribution in [0, 0.1) is 0 Å². The fraction of sp³-hybridized carbons (Fsp3) is 0.941. The Morgan fingerprint density at radius 2 is 1.71 bits per heavy atom. The molecule has 4 nitrogen and oxygen atoms in total. The summed E-state index contributed by atoms with van der Waals surface area (Å²) in [5, 5.41) is 6.96. The third-order valence-corrected chi connectivity index (χ3v) is 5.97. The van der Waals surface area contributed by atoms with E-state index in [1.807, 2.05) is 0 Å². The summed E-state index contributed by atoms with van der Waals surface area (Å²) in [5.74, 6) is 0.232. The third kappa shape index (κ3) is 3.59. The Labute approximate surface area is 129 Å². The first-order chi connectivity index (χ1) is 10.1. The number of hydrogen-bond acceptors (Lipinski definition) is 3. The summed E-state index contributed by atoms with van der Waals surface area (Å²) in [6.45, 7) is 2.07. The lowest BCUT2D eigenvalue weighted by atomic mass is 9.95. The monoisotopic (exact) mass is 293 g/mol. The van der Waals surface area contributed by atoms with Gasteiger partial charge in [0.05, 0.1) is 6.04 Å². The minimum Gasteiger partial charge on any atom is -0.352 e. The van der Waals surface area contributed by atoms with E-state index in [2.05, 4.69) is 29.5 Å². The molecule has 2 bridgehead atoms. The topological polar surface area (TPSA) is 44.4 Å². The normalized spacial score (nSPS) is 34.9. The van der Waals surface area contributed by atoms with Gasteiger partial charge in [-0.1, -0.05) is 19.3 Å². The van der Waals surface area contributed by atoms with Crippen molar-refractivity contribution in [3.8, 4) is 0 Å². The van der Waals surface area contributed by atoms with Crippen LogP contribution < -0.4 is 10.6 Å². The van der Waals surface area contributed by atoms with Gasteiger partial charge < -0.3 is 10.6 Å². The van der Waals surface area contributed by atoms with Gasteiger partial charge in [0.2, 0.25) is 5.91 Å². The molecule has 3 atom stereocenters. The van der Waals surface area contributed by atoms with Gasteiger partial charge >= 0.3 is 0 Å². The van der Waals surface area contributed by atoms with Gasteiger partial charge in [-0.2, -0.15) is 0 Å². The molecule has 4 heteroatoms. The Morgan fingerprint density at radius 1 is 1.10 bits per heavy atom. The van der Waals surface area contributed by atoms with Crippen LogP contribution in [0.2, 0.25) is 0 Å². The number of nitrogens with zero attached hydrogens (tertiary/aromatic N) is 1. The standard InChI is InChI=1S/C17H31N3O/c1-12(17(21)19-13-6-4-3-5-7-13)20(2)16-10-14-8-9-15(11-16)18-14/h12-16,18H,3-11H2,1-2H3,(H,19,21). The van der Waals surface area contributed by atoms with Crippen LogP contribution in [0.15, 0.2) is 0 Å². The molecule has 0 spiro atoms. The molecule has 1 amide bonds. The lowest BCUT2D eigenvalue weighted by Gasteiger charge is -2.38. The van der Waals surface area contributed by atoms with Crippen molar-refractivity contribution >= 4 is 5.91 Å². The van der Waals surface area contributed by atoms with Gasteiger partial charge in [0.25, 0.3) is 0 Å². The lowest BCUT2D eigenvalue weighted by Crippen LogP contribution is -2.54. The summed E-state index contributed by atoms with van der Waals surface area (Å²) < 4.78 is 0. The highest BCUT2D eigenvalue weighted by atomic mass is 16.2. The quantitative estimate of drug-likeness (QED) is 0.834. The SMILES string of the molecule is CC(C(=O)NC1CCCCC1)N(C)C1CC2CCC(C1)N2. The van der Waals surface area contributed by atoms with Gasteiger partial charge in [-0.15, -0.1) is 0 Å². The molecule has 2 saturated heterocycles. The van der Waals surface area contributed by atoms with Gasteiger partial charge in [-0.3, -0.25) is 9.69 Å². The van der Waals surface area contributed by atoms with Crippen LogP contribution in [0.4, 0.5) is 0 Å². The summed E-state index contributed by atoms with van der Waals surface area (Å²) in [6, 6.07) is 2.35. The molecule has 3 fully saturated rings. The highest BCUT2D eigenvalue weighted by molar-refractivity contribution is 5.81. The minimum absolute atomic E-state index is 0.00516. The average molecular weight is 293 g/mol. The van der Waals surface area contributed by atoms with Crippen molar-refractivity contribution in [2.45, 2.75) is 94.9 Å². The predicted octanol–water partition coefficient (Wildman–Crippen LogP) is 2.04. The molecule has 3 rings (SSSR count). The Morgan fingerprint density at radius 3 is 2.33 bits per heavy atom. The van der Waals surface area contributed by atoms with E-state index in [4.69, 9.17) is 0 Å². The van der Waals surface area contributed by atoms with Gasteiger partial charge in [0.1, 0.15) is 0 Å². The largest absolute Gasteiger partial charge is 0.352 e. The predicted molar refractivity (Wildman–Crippen MR) is 85.2 cm³/mol. The molecule has 1 aliphatic carbocycles. The second-order valence-electron chi connectivity index (χ2n) is 7.45. The fourth-order valence-corrected chi connectivity index (χ4v) is 4.43. The van der Waals surface area contributed by atoms with Crippen LogP contribution in [0.1, 0.15) is 64.7 Å². The second kappa shape index (κ2) is 6.66. The molecule has 3 aliphatic rings. The maximum absolute atomic E-state index is 12.5. The Hall–Kier alpha value is -0.610. The van der Waals surface area contributed by atoms with Gasteiger partial charge in [0, 0.05) is 24.2 Å². The maximum atomic E-state index is 12.5. The number of nitrogens with one attached hydrogen (secondary N) is 2. The molecule has 0 aromatic heterocycles. The van der Waals surface area contributed by atoms with Crippen molar-refractivity contribution in [3.05, 3.63) is 0 Å². The average Bonchev–Trinajstić information content (AvgIpc) is 2.85. The second-order valence-corrected chi connectivity index (χ2v) is 7.45. The van der Waals surface area contributed by atoms with Crippen LogP contribution in [-0.4, -0.2) is 48.1 Å². The summed E-state index contributed by atoms with van der Waals surface area (Å²) in [5.41, 5.74) is 0. The molecule has 2 aliphatic heterocycles. The molecule has 3 unspecified atom stereocenters. The molecular formula is C17H31N3O. The Kier molecular flexibility index (Phi) is 4.85. The molecular weight excluding hydrogens is 262 g/mol. The summed E-state index contributed by atoms with van der Waals surface area (Å²) >= 11 is 0. The van der Waals surface area contributed by atoms with Crippen LogP contribution in [0.3, 0.4) is 0 Å². The van der Waals surface area contributed by atoms with Crippen molar-refractivity contribution < 1.29 is 4.79 Å². The van der Waals surface area contributed by atoms with Crippen molar-refractivity contribution in [1.29, 1.82) is 0 Å². The first-order valence-corrected chi connectivity index (χ1v) is 8.92. The Bertz CT molecular complexity index is 355. The maximum Gasteiger partial charge on any atom is 0.237 e. The van der Waals surface area contributed by atoms with Gasteiger partial charge in [-0.05, 0) is 52.5 Å². The van der Waals surface area contributed by atoms with Crippen molar-refractivity contribution in [1.82, 2.24) is 15.5 Å². The van der Waals surface area contributed by atoms with E-state index in [9.17, 15) is 4.79 Å². The van der Waals surface area contributed by atoms with Gasteiger partial charge in [-0.25, -0.2) is 0 Å². The zero-order valence-corrected chi connectivity index (χ0v) is 13.6. The van der Waals surface area contributed by atoms with E-state index in [0.29, 0.717) is 24.2 Å². The number of carbonyl (C=O) groups is 1. The smallest absolute Gasteiger partial charge is 0.237 e. The van der Waals surface area contributed by atoms with E-state index in [0.717, 1.165) is 0 Å². The van der Waals surface area contributed by atoms with E-state index in [1.54, 1.807) is 0 Å². The number of hydrogen-bond donors (Lipinski definition) is 2. The van der Waals surface area contributed by atoms with Gasteiger partial charge in [0.15, 0.2) is 0 Å². The Balaban J connectivity index is 1.51. The summed E-state index contributed by atoms with van der Waals surface area (Å²) in [4.78, 5) is 14.8. The summed E-state index contributed by atoms with van der Waals surface area (Å²) in [7, 11) is 2.14. The molecule has 0 radical (unpaired) electrons. The highest BCUT2D eigenvalue weighted by Gasteiger charge is 2.37. The first-order valence-electron chi connectivity index (χ1n) is 8.92. The molecule has 21 heavy (non-hydrogen) atoms.